The smallest absolute Gasteiger partial charge is 0.275 e. The summed E-state index contributed by atoms with van der Waals surface area (Å²) in [5.74, 6) is -3.45. The van der Waals surface area contributed by atoms with E-state index in [-0.39, 0.29) is 40.5 Å². The van der Waals surface area contributed by atoms with Crippen molar-refractivity contribution in [2.75, 3.05) is 0 Å². The summed E-state index contributed by atoms with van der Waals surface area (Å²) in [5.41, 5.74) is -1.60. The van der Waals surface area contributed by atoms with Crippen LogP contribution in [-0.2, 0) is 13.1 Å². The van der Waals surface area contributed by atoms with Gasteiger partial charge in [0, 0.05) is 37.0 Å². The number of rotatable bonds is 3. The van der Waals surface area contributed by atoms with E-state index in [0.717, 1.165) is 25.3 Å². The third-order valence-corrected chi connectivity index (χ3v) is 6.93. The van der Waals surface area contributed by atoms with Gasteiger partial charge >= 0.3 is 0 Å². The van der Waals surface area contributed by atoms with Crippen molar-refractivity contribution >= 4 is 23.4 Å². The summed E-state index contributed by atoms with van der Waals surface area (Å²) in [4.78, 5) is 40.0. The topological polar surface area (TPSA) is 91.6 Å². The fourth-order valence-electron chi connectivity index (χ4n) is 5.15. The van der Waals surface area contributed by atoms with Gasteiger partial charge in [-0.2, -0.15) is 0 Å². The monoisotopic (exact) mass is 449 g/mol. The van der Waals surface area contributed by atoms with Crippen molar-refractivity contribution in [3.05, 3.63) is 62.0 Å². The number of hydrogen-bond donors (Lipinski definition) is 2. The number of fused-ring (bicyclic) bond motifs is 6. The van der Waals surface area contributed by atoms with E-state index in [0.29, 0.717) is 18.5 Å². The molecule has 7 nitrogen and oxygen atoms in total. The Labute approximate surface area is 180 Å². The maximum atomic E-state index is 14.0. The maximum Gasteiger partial charge on any atom is 0.275 e. The fraction of sp³-hybridized carbons (Fsp3) is 0.381. The van der Waals surface area contributed by atoms with Gasteiger partial charge in [0.15, 0.2) is 11.4 Å². The van der Waals surface area contributed by atoms with Gasteiger partial charge < -0.3 is 19.9 Å². The summed E-state index contributed by atoms with van der Waals surface area (Å²) in [6, 6.07) is 1.66. The highest BCUT2D eigenvalue weighted by molar-refractivity contribution is 6.31. The second-order valence-electron chi connectivity index (χ2n) is 8.26. The van der Waals surface area contributed by atoms with E-state index in [2.05, 4.69) is 5.32 Å². The van der Waals surface area contributed by atoms with E-state index >= 15 is 0 Å². The van der Waals surface area contributed by atoms with E-state index in [1.54, 1.807) is 4.90 Å². The van der Waals surface area contributed by atoms with Crippen molar-refractivity contribution in [3.8, 4) is 5.75 Å². The molecule has 3 unspecified atom stereocenters. The predicted molar refractivity (Wildman–Crippen MR) is 106 cm³/mol. The molecule has 1 aromatic heterocycles. The van der Waals surface area contributed by atoms with Crippen LogP contribution >= 0.6 is 11.6 Å². The quantitative estimate of drug-likeness (QED) is 0.753. The van der Waals surface area contributed by atoms with E-state index in [9.17, 15) is 28.3 Å². The summed E-state index contributed by atoms with van der Waals surface area (Å²) >= 11 is 5.83. The molecule has 3 atom stereocenters. The first kappa shape index (κ1) is 20.0. The molecule has 0 radical (unpaired) electrons. The minimum Gasteiger partial charge on any atom is -0.503 e. The minimum absolute atomic E-state index is 0.0244. The van der Waals surface area contributed by atoms with Crippen molar-refractivity contribution in [3.63, 3.8) is 0 Å². The van der Waals surface area contributed by atoms with Crippen molar-refractivity contribution in [2.24, 2.45) is 5.92 Å². The number of carbonyl (C=O) groups is 2. The number of amides is 2. The number of halogens is 3. The number of pyridine rings is 1. The second kappa shape index (κ2) is 7.05. The highest BCUT2D eigenvalue weighted by Gasteiger charge is 2.51. The van der Waals surface area contributed by atoms with Crippen molar-refractivity contribution < 1.29 is 23.5 Å². The summed E-state index contributed by atoms with van der Waals surface area (Å²) in [6.45, 7) is -0.000398. The van der Waals surface area contributed by atoms with Crippen LogP contribution in [0.25, 0.3) is 0 Å². The molecule has 1 aromatic carbocycles. The third kappa shape index (κ3) is 3.02. The van der Waals surface area contributed by atoms with Crippen molar-refractivity contribution in [1.29, 1.82) is 0 Å². The number of benzene rings is 1. The molecule has 3 heterocycles. The number of hydrogen-bond acceptors (Lipinski definition) is 4. The highest BCUT2D eigenvalue weighted by Crippen LogP contribution is 2.45. The Morgan fingerprint density at radius 1 is 1.26 bits per heavy atom. The van der Waals surface area contributed by atoms with Gasteiger partial charge in [-0.25, -0.2) is 8.78 Å². The lowest BCUT2D eigenvalue weighted by Gasteiger charge is -2.40. The first-order valence-corrected chi connectivity index (χ1v) is 10.3. The molecule has 2 fully saturated rings. The van der Waals surface area contributed by atoms with Gasteiger partial charge in [0.1, 0.15) is 17.2 Å². The first-order chi connectivity index (χ1) is 14.8. The van der Waals surface area contributed by atoms with Gasteiger partial charge in [0.2, 0.25) is 5.43 Å². The molecule has 5 rings (SSSR count). The minimum atomic E-state index is -0.981. The number of nitrogens with one attached hydrogen (secondary N) is 1. The SMILES string of the molecule is O=C(NCc1c(F)cc(F)cc1Cl)c1cn2c(c(O)c1=O)C(=O)N1C3CCC(C3)C1C2. The molecule has 162 valence electrons. The zero-order valence-electron chi connectivity index (χ0n) is 16.2. The van der Waals surface area contributed by atoms with E-state index < -0.39 is 34.6 Å². The van der Waals surface area contributed by atoms with Crippen LogP contribution in [0.1, 0.15) is 45.7 Å². The van der Waals surface area contributed by atoms with Crippen molar-refractivity contribution in [1.82, 2.24) is 14.8 Å². The predicted octanol–water partition coefficient (Wildman–Crippen LogP) is 2.42. The van der Waals surface area contributed by atoms with Crippen LogP contribution < -0.4 is 10.7 Å². The summed E-state index contributed by atoms with van der Waals surface area (Å²) < 4.78 is 28.6. The number of aromatic hydroxyl groups is 1. The van der Waals surface area contributed by atoms with Crippen LogP contribution in [0.5, 0.6) is 5.75 Å². The van der Waals surface area contributed by atoms with E-state index in [4.69, 9.17) is 11.6 Å². The lowest BCUT2D eigenvalue weighted by Crippen LogP contribution is -2.52. The molecule has 2 amide bonds. The molecule has 2 aliphatic heterocycles. The van der Waals surface area contributed by atoms with Gasteiger partial charge in [-0.15, -0.1) is 0 Å². The Balaban J connectivity index is 1.44. The van der Waals surface area contributed by atoms with Crippen LogP contribution in [0.4, 0.5) is 8.78 Å². The molecule has 2 N–H and O–H groups in total. The van der Waals surface area contributed by atoms with Crippen LogP contribution in [0.2, 0.25) is 5.02 Å². The zero-order valence-corrected chi connectivity index (χ0v) is 17.0. The standard InChI is InChI=1S/C21H18ClF2N3O4/c22-14-4-10(23)5-15(24)12(14)6-25-20(30)13-7-26-8-16-9-1-2-11(3-9)27(16)21(31)17(26)19(29)18(13)28/h4-5,7,9,11,16,29H,1-3,6,8H2,(H,25,30). The number of aromatic nitrogens is 1. The molecular weight excluding hydrogens is 432 g/mol. The van der Waals surface area contributed by atoms with Crippen LogP contribution in [0.15, 0.2) is 23.1 Å². The van der Waals surface area contributed by atoms with Crippen LogP contribution in [-0.4, -0.2) is 38.5 Å². The van der Waals surface area contributed by atoms with E-state index in [1.807, 2.05) is 0 Å². The lowest BCUT2D eigenvalue weighted by molar-refractivity contribution is 0.0482. The normalized spacial score (nSPS) is 23.6. The molecule has 1 saturated heterocycles. The van der Waals surface area contributed by atoms with Crippen LogP contribution in [0, 0.1) is 17.6 Å². The Morgan fingerprint density at radius 3 is 2.77 bits per heavy atom. The first-order valence-electron chi connectivity index (χ1n) is 9.97. The Morgan fingerprint density at radius 2 is 2.03 bits per heavy atom. The molecular formula is C21H18ClF2N3O4. The van der Waals surface area contributed by atoms with Gasteiger partial charge in [0.25, 0.3) is 11.8 Å². The Bertz CT molecular complexity index is 1170. The van der Waals surface area contributed by atoms with Crippen LogP contribution in [0.3, 0.4) is 0 Å². The molecule has 31 heavy (non-hydrogen) atoms. The molecule has 2 aromatic rings. The number of piperidine rings is 1. The Kier molecular flexibility index (Phi) is 4.55. The van der Waals surface area contributed by atoms with Gasteiger partial charge in [-0.05, 0) is 31.2 Å². The summed E-state index contributed by atoms with van der Waals surface area (Å²) in [7, 11) is 0. The maximum absolute atomic E-state index is 14.0. The van der Waals surface area contributed by atoms with Crippen molar-refractivity contribution in [2.45, 2.75) is 44.4 Å². The lowest BCUT2D eigenvalue weighted by atomic mass is 9.95. The van der Waals surface area contributed by atoms with Gasteiger partial charge in [-0.3, -0.25) is 14.4 Å². The van der Waals surface area contributed by atoms with E-state index in [1.165, 1.54) is 10.8 Å². The molecule has 3 aliphatic rings. The number of carbonyl (C=O) groups excluding carboxylic acids is 2. The van der Waals surface area contributed by atoms with Gasteiger partial charge in [0.05, 0.1) is 11.1 Å². The molecule has 10 heteroatoms. The highest BCUT2D eigenvalue weighted by atomic mass is 35.5. The average Bonchev–Trinajstić information content (AvgIpc) is 3.31. The third-order valence-electron chi connectivity index (χ3n) is 6.59. The zero-order chi connectivity index (χ0) is 22.0. The van der Waals surface area contributed by atoms with Gasteiger partial charge in [-0.1, -0.05) is 11.6 Å². The molecule has 1 saturated carbocycles. The second-order valence-corrected chi connectivity index (χ2v) is 8.67. The number of nitrogens with zero attached hydrogens (tertiary/aromatic N) is 2. The largest absolute Gasteiger partial charge is 0.503 e. The fourth-order valence-corrected chi connectivity index (χ4v) is 5.42. The molecule has 2 bridgehead atoms. The summed E-state index contributed by atoms with van der Waals surface area (Å²) in [6.07, 6.45) is 4.11. The average molecular weight is 450 g/mol. The molecule has 0 spiro atoms. The summed E-state index contributed by atoms with van der Waals surface area (Å²) in [5, 5.41) is 12.6. The molecule has 1 aliphatic carbocycles. The Hall–Kier alpha value is -2.94.